The van der Waals surface area contributed by atoms with E-state index in [-0.39, 0.29) is 0 Å². The number of rotatable bonds is 2. The highest BCUT2D eigenvalue weighted by molar-refractivity contribution is 8.14. The molecule has 0 atom stereocenters. The highest BCUT2D eigenvalue weighted by atomic mass is 32.2. The quantitative estimate of drug-likeness (QED) is 0.891. The summed E-state index contributed by atoms with van der Waals surface area (Å²) in [5.74, 6) is 1.19. The maximum Gasteiger partial charge on any atom is 0.157 e. The average Bonchev–Trinajstić information content (AvgIpc) is 2.96. The highest BCUT2D eigenvalue weighted by Crippen LogP contribution is 2.36. The first kappa shape index (κ1) is 12.1. The summed E-state index contributed by atoms with van der Waals surface area (Å²) >= 11 is 1.88. The molecule has 0 aromatic carbocycles. The maximum absolute atomic E-state index is 4.68. The van der Waals surface area contributed by atoms with Crippen LogP contribution >= 0.6 is 11.8 Å². The van der Waals surface area contributed by atoms with Crippen molar-refractivity contribution in [1.82, 2.24) is 15.1 Å². The van der Waals surface area contributed by atoms with Crippen LogP contribution in [0.4, 0.5) is 0 Å². The molecule has 1 aromatic rings. The molecule has 98 valence electrons. The van der Waals surface area contributed by atoms with Gasteiger partial charge in [-0.25, -0.2) is 0 Å². The van der Waals surface area contributed by atoms with Crippen LogP contribution in [0, 0.1) is 0 Å². The van der Waals surface area contributed by atoms with Crippen molar-refractivity contribution in [2.75, 3.05) is 5.75 Å². The number of aryl methyl sites for hydroxylation is 1. The summed E-state index contributed by atoms with van der Waals surface area (Å²) in [6.45, 7) is 0.724. The molecule has 1 aliphatic heterocycles. The fourth-order valence-corrected chi connectivity index (χ4v) is 4.02. The van der Waals surface area contributed by atoms with Crippen molar-refractivity contribution in [3.05, 3.63) is 18.0 Å². The largest absolute Gasteiger partial charge is 0.359 e. The van der Waals surface area contributed by atoms with Gasteiger partial charge in [-0.2, -0.15) is 5.10 Å². The second-order valence-corrected chi connectivity index (χ2v) is 6.29. The predicted molar refractivity (Wildman–Crippen MR) is 75.8 cm³/mol. The molecule has 1 saturated carbocycles. The molecular formula is C13H20N4S. The van der Waals surface area contributed by atoms with Crippen LogP contribution in [0.3, 0.4) is 0 Å². The van der Waals surface area contributed by atoms with E-state index < -0.39 is 0 Å². The maximum atomic E-state index is 4.68. The van der Waals surface area contributed by atoms with E-state index in [1.165, 1.54) is 37.9 Å². The zero-order valence-electron chi connectivity index (χ0n) is 10.9. The number of nitrogens with one attached hydrogen (secondary N) is 1. The minimum atomic E-state index is 0.355. The van der Waals surface area contributed by atoms with Crippen molar-refractivity contribution < 1.29 is 0 Å². The van der Waals surface area contributed by atoms with Crippen LogP contribution in [0.2, 0.25) is 0 Å². The van der Waals surface area contributed by atoms with E-state index in [9.17, 15) is 0 Å². The second-order valence-electron chi connectivity index (χ2n) is 5.32. The number of thioether (sulfide) groups is 1. The molecule has 1 N–H and O–H groups in total. The van der Waals surface area contributed by atoms with Crippen LogP contribution in [-0.4, -0.2) is 26.2 Å². The molecule has 5 heteroatoms. The molecule has 3 rings (SSSR count). The number of nitrogens with zero attached hydrogens (tertiary/aromatic N) is 3. The van der Waals surface area contributed by atoms with E-state index in [0.717, 1.165) is 17.4 Å². The third kappa shape index (κ3) is 2.41. The molecule has 2 aliphatic rings. The fourth-order valence-electron chi connectivity index (χ4n) is 2.80. The minimum absolute atomic E-state index is 0.355. The minimum Gasteiger partial charge on any atom is -0.359 e. The van der Waals surface area contributed by atoms with Gasteiger partial charge in [0, 0.05) is 24.5 Å². The molecular weight excluding hydrogens is 244 g/mol. The van der Waals surface area contributed by atoms with Gasteiger partial charge in [-0.15, -0.1) is 0 Å². The van der Waals surface area contributed by atoms with E-state index >= 15 is 0 Å². The fraction of sp³-hybridized carbons (Fsp3) is 0.692. The zero-order valence-corrected chi connectivity index (χ0v) is 11.7. The first-order chi connectivity index (χ1) is 8.77. The summed E-state index contributed by atoms with van der Waals surface area (Å²) < 4.78 is 1.89. The Balaban J connectivity index is 1.63. The molecule has 1 aromatic heterocycles. The number of hydrogen-bond acceptors (Lipinski definition) is 3. The lowest BCUT2D eigenvalue weighted by Crippen LogP contribution is -2.45. The Morgan fingerprint density at radius 3 is 3.00 bits per heavy atom. The van der Waals surface area contributed by atoms with Crippen LogP contribution in [-0.2, 0) is 13.6 Å². The van der Waals surface area contributed by atoms with E-state index in [1.54, 1.807) is 0 Å². The van der Waals surface area contributed by atoms with Crippen molar-refractivity contribution in [1.29, 1.82) is 0 Å². The van der Waals surface area contributed by atoms with Crippen LogP contribution in [0.5, 0.6) is 0 Å². The normalized spacial score (nSPS) is 24.6. The van der Waals surface area contributed by atoms with E-state index in [4.69, 9.17) is 0 Å². The molecule has 18 heavy (non-hydrogen) atoms. The summed E-state index contributed by atoms with van der Waals surface area (Å²) in [7, 11) is 1.97. The average molecular weight is 264 g/mol. The number of aromatic nitrogens is 2. The summed E-state index contributed by atoms with van der Waals surface area (Å²) in [6.07, 6.45) is 8.57. The molecule has 0 amide bonds. The summed E-state index contributed by atoms with van der Waals surface area (Å²) in [5.41, 5.74) is 1.52. The Kier molecular flexibility index (Phi) is 3.33. The Hall–Kier alpha value is -0.970. The van der Waals surface area contributed by atoms with Gasteiger partial charge in [0.25, 0.3) is 0 Å². The molecule has 0 unspecified atom stereocenters. The third-order valence-corrected chi connectivity index (χ3v) is 5.18. The second kappa shape index (κ2) is 4.96. The summed E-state index contributed by atoms with van der Waals surface area (Å²) in [5, 5.41) is 8.96. The van der Waals surface area contributed by atoms with Crippen molar-refractivity contribution in [2.45, 2.75) is 44.2 Å². The van der Waals surface area contributed by atoms with Crippen LogP contribution in [0.1, 0.15) is 37.8 Å². The standard InChI is InChI=1S/C13H20N4S/c1-17-11(5-8-15-17)9-14-12-16-13(10-18-12)6-3-2-4-7-13/h5,8H,2-4,6-7,9-10H2,1H3,(H,14,16). The van der Waals surface area contributed by atoms with Crippen LogP contribution < -0.4 is 5.32 Å². The van der Waals surface area contributed by atoms with Gasteiger partial charge in [0.1, 0.15) is 0 Å². The molecule has 0 bridgehead atoms. The van der Waals surface area contributed by atoms with Crippen molar-refractivity contribution >= 4 is 16.9 Å². The molecule has 1 saturated heterocycles. The monoisotopic (exact) mass is 264 g/mol. The van der Waals surface area contributed by atoms with Gasteiger partial charge in [-0.3, -0.25) is 9.67 Å². The third-order valence-electron chi connectivity index (χ3n) is 3.98. The smallest absolute Gasteiger partial charge is 0.157 e. The van der Waals surface area contributed by atoms with Crippen molar-refractivity contribution in [2.24, 2.45) is 12.0 Å². The Morgan fingerprint density at radius 1 is 1.44 bits per heavy atom. The molecule has 4 nitrogen and oxygen atoms in total. The van der Waals surface area contributed by atoms with Gasteiger partial charge in [0.15, 0.2) is 5.17 Å². The van der Waals surface area contributed by atoms with Gasteiger partial charge in [0.2, 0.25) is 0 Å². The first-order valence-electron chi connectivity index (χ1n) is 6.70. The van der Waals surface area contributed by atoms with Gasteiger partial charge in [-0.1, -0.05) is 31.0 Å². The topological polar surface area (TPSA) is 42.2 Å². The Morgan fingerprint density at radius 2 is 2.28 bits per heavy atom. The van der Waals surface area contributed by atoms with Crippen LogP contribution in [0.25, 0.3) is 0 Å². The van der Waals surface area contributed by atoms with E-state index in [1.807, 2.05) is 35.8 Å². The lowest BCUT2D eigenvalue weighted by molar-refractivity contribution is 0.303. The van der Waals surface area contributed by atoms with Crippen LogP contribution in [0.15, 0.2) is 17.3 Å². The summed E-state index contributed by atoms with van der Waals surface area (Å²) in [6, 6.07) is 2.03. The van der Waals surface area contributed by atoms with Gasteiger partial charge < -0.3 is 5.32 Å². The van der Waals surface area contributed by atoms with Gasteiger partial charge in [-0.05, 0) is 18.9 Å². The lowest BCUT2D eigenvalue weighted by Gasteiger charge is -2.32. The lowest BCUT2D eigenvalue weighted by atomic mass is 9.83. The Labute approximate surface area is 112 Å². The van der Waals surface area contributed by atoms with E-state index in [2.05, 4.69) is 15.4 Å². The van der Waals surface area contributed by atoms with Gasteiger partial charge in [0.05, 0.1) is 12.2 Å². The molecule has 2 heterocycles. The SMILES string of the molecule is Cn1nccc1CN=C1NC2(CCCCC2)CS1. The number of amidine groups is 1. The number of aliphatic imine (C=N–C) groups is 1. The summed E-state index contributed by atoms with van der Waals surface area (Å²) in [4.78, 5) is 4.68. The molecule has 1 spiro atoms. The molecule has 2 fully saturated rings. The predicted octanol–water partition coefficient (Wildman–Crippen LogP) is 2.32. The molecule has 1 aliphatic carbocycles. The Bertz CT molecular complexity index is 446. The van der Waals surface area contributed by atoms with Crippen molar-refractivity contribution in [3.63, 3.8) is 0 Å². The van der Waals surface area contributed by atoms with E-state index in [0.29, 0.717) is 5.54 Å². The molecule has 0 radical (unpaired) electrons. The first-order valence-corrected chi connectivity index (χ1v) is 7.68. The highest BCUT2D eigenvalue weighted by Gasteiger charge is 2.37. The zero-order chi connectivity index (χ0) is 12.4. The number of hydrogen-bond donors (Lipinski definition) is 1. The van der Waals surface area contributed by atoms with Crippen molar-refractivity contribution in [3.8, 4) is 0 Å². The van der Waals surface area contributed by atoms with Gasteiger partial charge >= 0.3 is 0 Å².